The lowest BCUT2D eigenvalue weighted by molar-refractivity contribution is 0.0928. The van der Waals surface area contributed by atoms with E-state index in [1.165, 1.54) is 17.4 Å². The summed E-state index contributed by atoms with van der Waals surface area (Å²) in [5.74, 6) is -1.47. The van der Waals surface area contributed by atoms with Crippen LogP contribution in [0.25, 0.3) is 10.2 Å². The fourth-order valence-electron chi connectivity index (χ4n) is 3.14. The van der Waals surface area contributed by atoms with E-state index in [0.717, 1.165) is 25.5 Å². The number of hydrogen-bond donors (Lipinski definition) is 1. The van der Waals surface area contributed by atoms with E-state index in [1.807, 2.05) is 4.90 Å². The van der Waals surface area contributed by atoms with Gasteiger partial charge in [0.1, 0.15) is 17.0 Å². The fraction of sp³-hybridized carbons (Fsp3) is 0.353. The van der Waals surface area contributed by atoms with Gasteiger partial charge in [0.15, 0.2) is 10.9 Å². The number of nitrogens with one attached hydrogen (secondary N) is 1. The fourth-order valence-corrected chi connectivity index (χ4v) is 4.18. The summed E-state index contributed by atoms with van der Waals surface area (Å²) in [6.07, 6.45) is 4.97. The SMILES string of the molecule is Cn1cnc(C(=O)NC2CCCN(c3nc4c(F)cc(F)cc4s3)C2)c1. The Balaban J connectivity index is 1.50. The molecule has 136 valence electrons. The van der Waals surface area contributed by atoms with E-state index < -0.39 is 11.6 Å². The Morgan fingerprint density at radius 3 is 3.00 bits per heavy atom. The number of halogens is 2. The van der Waals surface area contributed by atoms with Crippen molar-refractivity contribution < 1.29 is 13.6 Å². The maximum absolute atomic E-state index is 13.9. The minimum atomic E-state index is -0.653. The predicted molar refractivity (Wildman–Crippen MR) is 95.4 cm³/mol. The molecule has 26 heavy (non-hydrogen) atoms. The highest BCUT2D eigenvalue weighted by atomic mass is 32.1. The van der Waals surface area contributed by atoms with E-state index >= 15 is 0 Å². The number of benzene rings is 1. The van der Waals surface area contributed by atoms with Crippen molar-refractivity contribution in [2.75, 3.05) is 18.0 Å². The molecule has 0 bridgehead atoms. The van der Waals surface area contributed by atoms with E-state index in [9.17, 15) is 13.6 Å². The van der Waals surface area contributed by atoms with Gasteiger partial charge in [0.2, 0.25) is 0 Å². The quantitative estimate of drug-likeness (QED) is 0.762. The summed E-state index contributed by atoms with van der Waals surface area (Å²) >= 11 is 1.26. The van der Waals surface area contributed by atoms with Crippen LogP contribution in [-0.4, -0.2) is 39.6 Å². The van der Waals surface area contributed by atoms with Gasteiger partial charge in [-0.2, -0.15) is 0 Å². The van der Waals surface area contributed by atoms with Crippen LogP contribution in [0.4, 0.5) is 13.9 Å². The molecule has 1 amide bonds. The third-order valence-electron chi connectivity index (χ3n) is 4.37. The summed E-state index contributed by atoms with van der Waals surface area (Å²) in [5, 5.41) is 3.63. The van der Waals surface area contributed by atoms with Crippen LogP contribution in [0.1, 0.15) is 23.3 Å². The monoisotopic (exact) mass is 377 g/mol. The van der Waals surface area contributed by atoms with Gasteiger partial charge in [0.25, 0.3) is 5.91 Å². The Bertz CT molecular complexity index is 969. The molecule has 0 radical (unpaired) electrons. The summed E-state index contributed by atoms with van der Waals surface area (Å²) in [5.41, 5.74) is 0.563. The Labute approximate surface area is 152 Å². The van der Waals surface area contributed by atoms with Crippen molar-refractivity contribution in [1.82, 2.24) is 19.9 Å². The highest BCUT2D eigenvalue weighted by Gasteiger charge is 2.25. The smallest absolute Gasteiger partial charge is 0.271 e. The zero-order chi connectivity index (χ0) is 18.3. The molecule has 1 saturated heterocycles. The number of piperidine rings is 1. The highest BCUT2D eigenvalue weighted by molar-refractivity contribution is 7.22. The van der Waals surface area contributed by atoms with E-state index in [0.29, 0.717) is 22.1 Å². The van der Waals surface area contributed by atoms with Gasteiger partial charge in [-0.15, -0.1) is 0 Å². The number of fused-ring (bicyclic) bond motifs is 1. The van der Waals surface area contributed by atoms with Crippen LogP contribution in [0.15, 0.2) is 24.7 Å². The number of carbonyl (C=O) groups is 1. The first kappa shape index (κ1) is 16.9. The molecule has 9 heteroatoms. The third-order valence-corrected chi connectivity index (χ3v) is 5.43. The van der Waals surface area contributed by atoms with Crippen molar-refractivity contribution >= 4 is 32.6 Å². The molecule has 1 aliphatic heterocycles. The zero-order valence-corrected chi connectivity index (χ0v) is 14.9. The van der Waals surface area contributed by atoms with Crippen molar-refractivity contribution in [3.63, 3.8) is 0 Å². The van der Waals surface area contributed by atoms with Crippen molar-refractivity contribution in [3.05, 3.63) is 42.0 Å². The number of aryl methyl sites for hydroxylation is 1. The van der Waals surface area contributed by atoms with Gasteiger partial charge < -0.3 is 14.8 Å². The maximum Gasteiger partial charge on any atom is 0.271 e. The topological polar surface area (TPSA) is 63.1 Å². The van der Waals surface area contributed by atoms with Crippen molar-refractivity contribution in [2.24, 2.45) is 7.05 Å². The standard InChI is InChI=1S/C17H17F2N5OS/c1-23-8-13(20-9-23)16(25)21-11-3-2-4-24(7-11)17-22-15-12(19)5-10(18)6-14(15)26-17/h5-6,8-9,11H,2-4,7H2,1H3,(H,21,25). The van der Waals surface area contributed by atoms with Gasteiger partial charge in [-0.1, -0.05) is 11.3 Å². The lowest BCUT2D eigenvalue weighted by Crippen LogP contribution is -2.47. The van der Waals surface area contributed by atoms with Gasteiger partial charge in [0, 0.05) is 38.4 Å². The second-order valence-electron chi connectivity index (χ2n) is 6.41. The van der Waals surface area contributed by atoms with Crippen LogP contribution < -0.4 is 10.2 Å². The lowest BCUT2D eigenvalue weighted by atomic mass is 10.1. The molecule has 3 aromatic rings. The van der Waals surface area contributed by atoms with Crippen LogP contribution >= 0.6 is 11.3 Å². The van der Waals surface area contributed by atoms with E-state index in [4.69, 9.17) is 0 Å². The van der Waals surface area contributed by atoms with Crippen molar-refractivity contribution in [2.45, 2.75) is 18.9 Å². The Kier molecular flexibility index (Phi) is 4.31. The minimum absolute atomic E-state index is 0.0492. The molecule has 1 atom stereocenters. The number of thiazole rings is 1. The molecular weight excluding hydrogens is 360 g/mol. The second kappa shape index (κ2) is 6.64. The molecule has 0 saturated carbocycles. The lowest BCUT2D eigenvalue weighted by Gasteiger charge is -2.32. The largest absolute Gasteiger partial charge is 0.346 e. The van der Waals surface area contributed by atoms with Gasteiger partial charge >= 0.3 is 0 Å². The molecule has 6 nitrogen and oxygen atoms in total. The average Bonchev–Trinajstić information content (AvgIpc) is 3.21. The molecule has 1 N–H and O–H groups in total. The summed E-state index contributed by atoms with van der Waals surface area (Å²) in [6.45, 7) is 1.34. The first-order valence-electron chi connectivity index (χ1n) is 8.29. The summed E-state index contributed by atoms with van der Waals surface area (Å²) in [4.78, 5) is 22.7. The summed E-state index contributed by atoms with van der Waals surface area (Å²) in [6, 6.07) is 2.09. The van der Waals surface area contributed by atoms with Gasteiger partial charge in [-0.3, -0.25) is 4.79 Å². The number of amides is 1. The zero-order valence-electron chi connectivity index (χ0n) is 14.1. The Morgan fingerprint density at radius 2 is 2.23 bits per heavy atom. The van der Waals surface area contributed by atoms with Gasteiger partial charge in [0.05, 0.1) is 11.0 Å². The van der Waals surface area contributed by atoms with Crippen molar-refractivity contribution in [3.8, 4) is 0 Å². The van der Waals surface area contributed by atoms with Crippen LogP contribution in [0, 0.1) is 11.6 Å². The number of nitrogens with zero attached hydrogens (tertiary/aromatic N) is 4. The molecule has 4 rings (SSSR count). The van der Waals surface area contributed by atoms with E-state index in [1.54, 1.807) is 24.1 Å². The molecule has 0 spiro atoms. The van der Waals surface area contributed by atoms with Crippen LogP contribution in [0.5, 0.6) is 0 Å². The predicted octanol–water partition coefficient (Wildman–Crippen LogP) is 2.71. The Hall–Kier alpha value is -2.55. The average molecular weight is 377 g/mol. The highest BCUT2D eigenvalue weighted by Crippen LogP contribution is 2.32. The van der Waals surface area contributed by atoms with E-state index in [2.05, 4.69) is 15.3 Å². The molecule has 1 unspecified atom stereocenters. The molecule has 1 fully saturated rings. The minimum Gasteiger partial charge on any atom is -0.346 e. The third kappa shape index (κ3) is 3.26. The first-order chi connectivity index (χ1) is 12.5. The molecule has 1 aliphatic rings. The normalized spacial score (nSPS) is 17.7. The number of rotatable bonds is 3. The van der Waals surface area contributed by atoms with E-state index in [-0.39, 0.29) is 17.5 Å². The number of anilines is 1. The number of aromatic nitrogens is 3. The van der Waals surface area contributed by atoms with Crippen LogP contribution in [-0.2, 0) is 7.05 Å². The maximum atomic E-state index is 13.9. The molecule has 3 heterocycles. The molecule has 0 aliphatic carbocycles. The Morgan fingerprint density at radius 1 is 1.38 bits per heavy atom. The summed E-state index contributed by atoms with van der Waals surface area (Å²) < 4.78 is 29.5. The van der Waals surface area contributed by atoms with Gasteiger partial charge in [-0.25, -0.2) is 18.7 Å². The molecule has 2 aromatic heterocycles. The van der Waals surface area contributed by atoms with Gasteiger partial charge in [-0.05, 0) is 18.9 Å². The number of carbonyl (C=O) groups excluding carboxylic acids is 1. The van der Waals surface area contributed by atoms with Crippen LogP contribution in [0.2, 0.25) is 0 Å². The number of imidazole rings is 1. The van der Waals surface area contributed by atoms with Crippen LogP contribution in [0.3, 0.4) is 0 Å². The summed E-state index contributed by atoms with van der Waals surface area (Å²) in [7, 11) is 1.81. The number of hydrogen-bond acceptors (Lipinski definition) is 5. The second-order valence-corrected chi connectivity index (χ2v) is 7.42. The molecular formula is C17H17F2N5OS. The first-order valence-corrected chi connectivity index (χ1v) is 9.10. The molecule has 1 aromatic carbocycles. The van der Waals surface area contributed by atoms with Crippen molar-refractivity contribution in [1.29, 1.82) is 0 Å².